The van der Waals surface area contributed by atoms with Gasteiger partial charge in [0.1, 0.15) is 0 Å². The van der Waals surface area contributed by atoms with E-state index >= 15 is 0 Å². The Kier molecular flexibility index (Phi) is 7.05. The Bertz CT molecular complexity index is 434. The minimum absolute atomic E-state index is 0.0377. The van der Waals surface area contributed by atoms with Crippen LogP contribution >= 0.6 is 0 Å². The minimum atomic E-state index is -0.957. The van der Waals surface area contributed by atoms with Crippen LogP contribution in [0.5, 0.6) is 5.75 Å². The average Bonchev–Trinajstić information content (AvgIpc) is 2.46. The molecule has 0 aliphatic rings. The first kappa shape index (κ1) is 17.9. The largest absolute Gasteiger partial charge is 0.490 e. The van der Waals surface area contributed by atoms with E-state index in [0.717, 1.165) is 12.5 Å². The first-order chi connectivity index (χ1) is 9.94. The van der Waals surface area contributed by atoms with Gasteiger partial charge in [-0.2, -0.15) is 4.39 Å². The van der Waals surface area contributed by atoms with Crippen LogP contribution in [0.3, 0.4) is 0 Å². The van der Waals surface area contributed by atoms with Crippen molar-refractivity contribution in [2.75, 3.05) is 13.2 Å². The van der Waals surface area contributed by atoms with E-state index in [0.29, 0.717) is 12.8 Å². The Balaban J connectivity index is 2.49. The van der Waals surface area contributed by atoms with Crippen molar-refractivity contribution in [2.45, 2.75) is 51.6 Å². The molecule has 0 radical (unpaired) electrons. The van der Waals surface area contributed by atoms with E-state index in [4.69, 9.17) is 4.74 Å². The zero-order valence-electron chi connectivity index (χ0n) is 13.0. The molecule has 0 saturated heterocycles. The molecule has 0 saturated carbocycles. The summed E-state index contributed by atoms with van der Waals surface area (Å²) in [5, 5.41) is 13.0. The number of aliphatic hydroxyl groups is 1. The fourth-order valence-corrected chi connectivity index (χ4v) is 2.39. The highest BCUT2D eigenvalue weighted by Crippen LogP contribution is 2.21. The van der Waals surface area contributed by atoms with Gasteiger partial charge in [-0.05, 0) is 31.4 Å². The van der Waals surface area contributed by atoms with Gasteiger partial charge in [-0.25, -0.2) is 4.39 Å². The fraction of sp³-hybridized carbons (Fsp3) is 0.625. The van der Waals surface area contributed by atoms with Crippen LogP contribution in [0.4, 0.5) is 8.78 Å². The summed E-state index contributed by atoms with van der Waals surface area (Å²) in [5.74, 6) is -1.94. The molecule has 0 fully saturated rings. The number of aliphatic hydroxyl groups excluding tert-OH is 1. The molecular weight excluding hydrogens is 276 g/mol. The molecule has 0 aromatic heterocycles. The maximum Gasteiger partial charge on any atom is 0.200 e. The van der Waals surface area contributed by atoms with Crippen molar-refractivity contribution in [3.05, 3.63) is 29.8 Å². The van der Waals surface area contributed by atoms with E-state index < -0.39 is 11.6 Å². The highest BCUT2D eigenvalue weighted by molar-refractivity contribution is 5.24. The molecule has 0 spiro atoms. The summed E-state index contributed by atoms with van der Waals surface area (Å²) in [6.45, 7) is 6.38. The van der Waals surface area contributed by atoms with Crippen LogP contribution in [0, 0.1) is 11.6 Å². The van der Waals surface area contributed by atoms with E-state index in [1.54, 1.807) is 0 Å². The number of halogens is 2. The number of rotatable bonds is 9. The molecule has 5 heteroatoms. The lowest BCUT2D eigenvalue weighted by atomic mass is 9.90. The average molecular weight is 301 g/mol. The molecule has 0 heterocycles. The zero-order chi connectivity index (χ0) is 15.9. The highest BCUT2D eigenvalue weighted by Gasteiger charge is 2.27. The first-order valence-electron chi connectivity index (χ1n) is 7.39. The smallest absolute Gasteiger partial charge is 0.200 e. The molecule has 1 aromatic rings. The predicted molar refractivity (Wildman–Crippen MR) is 79.5 cm³/mol. The highest BCUT2D eigenvalue weighted by atomic mass is 19.2. The van der Waals surface area contributed by atoms with Crippen molar-refractivity contribution in [3.63, 3.8) is 0 Å². The Morgan fingerprint density at radius 1 is 1.33 bits per heavy atom. The molecular formula is C16H25F2NO2. The maximum atomic E-state index is 13.4. The summed E-state index contributed by atoms with van der Waals surface area (Å²) < 4.78 is 31.7. The predicted octanol–water partition coefficient (Wildman–Crippen LogP) is 3.26. The van der Waals surface area contributed by atoms with Gasteiger partial charge in [-0.1, -0.05) is 26.8 Å². The summed E-state index contributed by atoms with van der Waals surface area (Å²) in [6.07, 6.45) is 2.13. The third-order valence-corrected chi connectivity index (χ3v) is 3.55. The lowest BCUT2D eigenvalue weighted by Gasteiger charge is -2.34. The molecule has 0 aliphatic heterocycles. The van der Waals surface area contributed by atoms with Crippen molar-refractivity contribution in [2.24, 2.45) is 0 Å². The zero-order valence-corrected chi connectivity index (χ0v) is 13.0. The summed E-state index contributed by atoms with van der Waals surface area (Å²) >= 11 is 0. The topological polar surface area (TPSA) is 41.5 Å². The van der Waals surface area contributed by atoms with E-state index in [9.17, 15) is 13.9 Å². The van der Waals surface area contributed by atoms with Crippen LogP contribution in [0.25, 0.3) is 0 Å². The molecule has 21 heavy (non-hydrogen) atoms. The van der Waals surface area contributed by atoms with E-state index in [-0.39, 0.29) is 30.5 Å². The number of nitrogens with one attached hydrogen (secondary N) is 1. The Labute approximate surface area is 125 Å². The van der Waals surface area contributed by atoms with E-state index in [1.807, 2.05) is 20.8 Å². The molecule has 1 atom stereocenters. The van der Waals surface area contributed by atoms with E-state index in [1.165, 1.54) is 12.1 Å². The van der Waals surface area contributed by atoms with Crippen molar-refractivity contribution in [1.82, 2.24) is 5.32 Å². The van der Waals surface area contributed by atoms with Gasteiger partial charge in [0.2, 0.25) is 5.82 Å². The number of hydrogen-bond acceptors (Lipinski definition) is 3. The summed E-state index contributed by atoms with van der Waals surface area (Å²) in [6, 6.07) is 4.14. The number of benzene rings is 1. The number of hydrogen-bond donors (Lipinski definition) is 2. The van der Waals surface area contributed by atoms with Gasteiger partial charge in [0.05, 0.1) is 13.2 Å². The summed E-state index contributed by atoms with van der Waals surface area (Å²) in [4.78, 5) is 0. The van der Waals surface area contributed by atoms with Crippen LogP contribution in [0.1, 0.15) is 40.0 Å². The van der Waals surface area contributed by atoms with Gasteiger partial charge >= 0.3 is 0 Å². The molecule has 2 N–H and O–H groups in total. The molecule has 0 amide bonds. The van der Waals surface area contributed by atoms with Crippen molar-refractivity contribution in [3.8, 4) is 5.75 Å². The second-order valence-electron chi connectivity index (χ2n) is 5.60. The lowest BCUT2D eigenvalue weighted by molar-refractivity contribution is 0.129. The molecule has 120 valence electrons. The molecule has 1 rings (SSSR count). The van der Waals surface area contributed by atoms with Gasteiger partial charge in [0, 0.05) is 11.6 Å². The van der Waals surface area contributed by atoms with E-state index in [2.05, 4.69) is 5.32 Å². The minimum Gasteiger partial charge on any atom is -0.490 e. The van der Waals surface area contributed by atoms with Crippen LogP contribution < -0.4 is 10.1 Å². The van der Waals surface area contributed by atoms with Gasteiger partial charge in [0.15, 0.2) is 11.6 Å². The second-order valence-corrected chi connectivity index (χ2v) is 5.60. The van der Waals surface area contributed by atoms with Gasteiger partial charge in [-0.15, -0.1) is 0 Å². The van der Waals surface area contributed by atoms with Crippen LogP contribution in [-0.4, -0.2) is 29.9 Å². The Morgan fingerprint density at radius 2 is 2.05 bits per heavy atom. The molecule has 0 bridgehead atoms. The lowest BCUT2D eigenvalue weighted by Crippen LogP contribution is -2.51. The summed E-state index contributed by atoms with van der Waals surface area (Å²) in [5.41, 5.74) is -0.349. The van der Waals surface area contributed by atoms with Crippen LogP contribution in [-0.2, 0) is 0 Å². The monoisotopic (exact) mass is 301 g/mol. The van der Waals surface area contributed by atoms with Crippen molar-refractivity contribution < 1.29 is 18.6 Å². The fourth-order valence-electron chi connectivity index (χ4n) is 2.39. The van der Waals surface area contributed by atoms with Gasteiger partial charge in [-0.3, -0.25) is 0 Å². The molecule has 3 nitrogen and oxygen atoms in total. The maximum absolute atomic E-state index is 13.4. The quantitative estimate of drug-likeness (QED) is 0.688. The number of ether oxygens (including phenoxy) is 1. The standard InChI is InChI=1S/C16H25F2NO2/c1-4-16(11-20,19-12(2)3)9-6-10-21-14-8-5-7-13(17)15(14)18/h5,7-8,12,19-20H,4,6,9-11H2,1-3H3. The Hall–Kier alpha value is -1.20. The SMILES string of the molecule is CCC(CO)(CCCOc1cccc(F)c1F)NC(C)C. The Morgan fingerprint density at radius 3 is 2.62 bits per heavy atom. The normalized spacial score (nSPS) is 14.2. The van der Waals surface area contributed by atoms with Crippen molar-refractivity contribution in [1.29, 1.82) is 0 Å². The molecule has 0 aliphatic carbocycles. The van der Waals surface area contributed by atoms with Gasteiger partial charge in [0.25, 0.3) is 0 Å². The molecule has 1 unspecified atom stereocenters. The van der Waals surface area contributed by atoms with Crippen LogP contribution in [0.15, 0.2) is 18.2 Å². The molecule has 1 aromatic carbocycles. The first-order valence-corrected chi connectivity index (χ1v) is 7.39. The van der Waals surface area contributed by atoms with Crippen molar-refractivity contribution >= 4 is 0 Å². The second kappa shape index (κ2) is 8.29. The summed E-state index contributed by atoms with van der Waals surface area (Å²) in [7, 11) is 0. The third kappa shape index (κ3) is 5.25. The van der Waals surface area contributed by atoms with Gasteiger partial charge < -0.3 is 15.2 Å². The third-order valence-electron chi connectivity index (χ3n) is 3.55. The van der Waals surface area contributed by atoms with Crippen LogP contribution in [0.2, 0.25) is 0 Å².